The number of anilines is 2. The number of carbonyl (C=O) groups excluding carboxylic acids is 1. The van der Waals surface area contributed by atoms with Crippen LogP contribution >= 0.6 is 11.5 Å². The predicted molar refractivity (Wildman–Crippen MR) is 109 cm³/mol. The number of ether oxygens (including phenoxy) is 1. The van der Waals surface area contributed by atoms with Gasteiger partial charge in [-0.1, -0.05) is 30.3 Å². The first kappa shape index (κ1) is 18.2. The molecule has 0 radical (unpaired) electrons. The lowest BCUT2D eigenvalue weighted by Gasteiger charge is -2.34. The molecule has 1 aliphatic rings. The average molecular weight is 396 g/mol. The van der Waals surface area contributed by atoms with Crippen molar-refractivity contribution in [1.29, 1.82) is 0 Å². The summed E-state index contributed by atoms with van der Waals surface area (Å²) in [5.41, 5.74) is 1.65. The average Bonchev–Trinajstić information content (AvgIpc) is 3.25. The SMILES string of the molecule is COc1ccc(NC(=O)N2CCN(c3nc(-c4ccccc4)ns3)CC2)cn1. The Bertz CT molecular complexity index is 923. The third kappa shape index (κ3) is 4.04. The van der Waals surface area contributed by atoms with Crippen LogP contribution in [0.15, 0.2) is 48.7 Å². The number of aromatic nitrogens is 3. The molecule has 1 aromatic carbocycles. The van der Waals surface area contributed by atoms with E-state index in [1.807, 2.05) is 30.3 Å². The Labute approximate surface area is 167 Å². The summed E-state index contributed by atoms with van der Waals surface area (Å²) in [5.74, 6) is 1.26. The summed E-state index contributed by atoms with van der Waals surface area (Å²) in [5, 5.41) is 3.76. The van der Waals surface area contributed by atoms with E-state index in [2.05, 4.69) is 24.6 Å². The van der Waals surface area contributed by atoms with Crippen LogP contribution in [-0.2, 0) is 0 Å². The number of nitrogens with zero attached hydrogens (tertiary/aromatic N) is 5. The molecule has 1 fully saturated rings. The molecule has 0 spiro atoms. The van der Waals surface area contributed by atoms with Gasteiger partial charge in [0.05, 0.1) is 19.0 Å². The molecule has 3 aromatic rings. The zero-order chi connectivity index (χ0) is 19.3. The van der Waals surface area contributed by atoms with Gasteiger partial charge in [-0.3, -0.25) is 0 Å². The number of hydrogen-bond donors (Lipinski definition) is 1. The first-order chi connectivity index (χ1) is 13.7. The maximum atomic E-state index is 12.5. The van der Waals surface area contributed by atoms with Gasteiger partial charge in [0.25, 0.3) is 0 Å². The summed E-state index contributed by atoms with van der Waals surface area (Å²) >= 11 is 1.39. The smallest absolute Gasteiger partial charge is 0.322 e. The highest BCUT2D eigenvalue weighted by molar-refractivity contribution is 7.09. The molecule has 8 nitrogen and oxygen atoms in total. The zero-order valence-electron chi connectivity index (χ0n) is 15.4. The highest BCUT2D eigenvalue weighted by Gasteiger charge is 2.23. The molecular formula is C19H20N6O2S. The first-order valence-electron chi connectivity index (χ1n) is 8.93. The molecule has 144 valence electrons. The minimum atomic E-state index is -0.131. The van der Waals surface area contributed by atoms with Crippen LogP contribution in [0.25, 0.3) is 11.4 Å². The van der Waals surface area contributed by atoms with E-state index in [9.17, 15) is 4.79 Å². The fourth-order valence-electron chi connectivity index (χ4n) is 2.93. The van der Waals surface area contributed by atoms with Crippen LogP contribution in [0.4, 0.5) is 15.6 Å². The third-order valence-corrected chi connectivity index (χ3v) is 5.26. The first-order valence-corrected chi connectivity index (χ1v) is 9.70. The van der Waals surface area contributed by atoms with Crippen molar-refractivity contribution in [2.24, 2.45) is 0 Å². The van der Waals surface area contributed by atoms with E-state index in [1.54, 1.807) is 30.3 Å². The second-order valence-electron chi connectivity index (χ2n) is 6.26. The normalized spacial score (nSPS) is 14.0. The maximum Gasteiger partial charge on any atom is 0.322 e. The van der Waals surface area contributed by atoms with Crippen molar-refractivity contribution < 1.29 is 9.53 Å². The molecule has 2 amide bonds. The Kier molecular flexibility index (Phi) is 5.34. The second-order valence-corrected chi connectivity index (χ2v) is 6.99. The molecule has 0 unspecified atom stereocenters. The van der Waals surface area contributed by atoms with Gasteiger partial charge < -0.3 is 19.9 Å². The van der Waals surface area contributed by atoms with Gasteiger partial charge in [-0.2, -0.15) is 9.36 Å². The molecule has 4 rings (SSSR count). The van der Waals surface area contributed by atoms with Crippen LogP contribution < -0.4 is 15.0 Å². The number of amides is 2. The quantitative estimate of drug-likeness (QED) is 0.730. The van der Waals surface area contributed by atoms with Crippen molar-refractivity contribution in [2.75, 3.05) is 43.5 Å². The van der Waals surface area contributed by atoms with Crippen LogP contribution in [0, 0.1) is 0 Å². The molecule has 0 bridgehead atoms. The molecule has 0 saturated carbocycles. The van der Waals surface area contributed by atoms with Gasteiger partial charge in [0.2, 0.25) is 11.0 Å². The monoisotopic (exact) mass is 396 g/mol. The minimum Gasteiger partial charge on any atom is -0.481 e. The fraction of sp³-hybridized carbons (Fsp3) is 0.263. The Hall–Kier alpha value is -3.20. The van der Waals surface area contributed by atoms with Crippen LogP contribution in [0.3, 0.4) is 0 Å². The number of methoxy groups -OCH3 is 1. The van der Waals surface area contributed by atoms with Crippen LogP contribution in [0.5, 0.6) is 5.88 Å². The highest BCUT2D eigenvalue weighted by Crippen LogP contribution is 2.24. The van der Waals surface area contributed by atoms with Gasteiger partial charge in [0.1, 0.15) is 0 Å². The lowest BCUT2D eigenvalue weighted by molar-refractivity contribution is 0.208. The van der Waals surface area contributed by atoms with Crippen LogP contribution in [-0.4, -0.2) is 58.6 Å². The van der Waals surface area contributed by atoms with E-state index in [0.29, 0.717) is 24.7 Å². The van der Waals surface area contributed by atoms with Gasteiger partial charge in [-0.05, 0) is 6.07 Å². The number of benzene rings is 1. The Morgan fingerprint density at radius 2 is 1.89 bits per heavy atom. The molecule has 9 heteroatoms. The number of hydrogen-bond acceptors (Lipinski definition) is 7. The number of nitrogens with one attached hydrogen (secondary N) is 1. The standard InChI is InChI=1S/C19H20N6O2S/c1-27-16-8-7-15(13-20-16)21-18(26)24-9-11-25(12-10-24)19-22-17(23-28-19)14-5-3-2-4-6-14/h2-8,13H,9-12H2,1H3,(H,21,26). The van der Waals surface area contributed by atoms with E-state index >= 15 is 0 Å². The highest BCUT2D eigenvalue weighted by atomic mass is 32.1. The van der Waals surface area contributed by atoms with E-state index in [-0.39, 0.29) is 6.03 Å². The van der Waals surface area contributed by atoms with Gasteiger partial charge in [0, 0.05) is 49.3 Å². The van der Waals surface area contributed by atoms with Gasteiger partial charge in [-0.15, -0.1) is 0 Å². The maximum absolute atomic E-state index is 12.5. The summed E-state index contributed by atoms with van der Waals surface area (Å²) in [4.78, 5) is 25.2. The zero-order valence-corrected chi connectivity index (χ0v) is 16.2. The van der Waals surface area contributed by atoms with Crippen molar-refractivity contribution in [1.82, 2.24) is 19.2 Å². The number of rotatable bonds is 4. The molecule has 2 aromatic heterocycles. The summed E-state index contributed by atoms with van der Waals surface area (Å²) in [6, 6.07) is 13.3. The van der Waals surface area contributed by atoms with Crippen LogP contribution in [0.1, 0.15) is 0 Å². The van der Waals surface area contributed by atoms with Crippen LogP contribution in [0.2, 0.25) is 0 Å². The topological polar surface area (TPSA) is 83.5 Å². The summed E-state index contributed by atoms with van der Waals surface area (Å²) in [6.45, 7) is 2.68. The predicted octanol–water partition coefficient (Wildman–Crippen LogP) is 2.96. The van der Waals surface area contributed by atoms with Crippen molar-refractivity contribution in [2.45, 2.75) is 0 Å². The Morgan fingerprint density at radius 3 is 2.57 bits per heavy atom. The summed E-state index contributed by atoms with van der Waals surface area (Å²) in [7, 11) is 1.56. The molecular weight excluding hydrogens is 376 g/mol. The number of pyridine rings is 1. The number of urea groups is 1. The molecule has 3 heterocycles. The third-order valence-electron chi connectivity index (χ3n) is 4.48. The number of piperazine rings is 1. The molecule has 1 saturated heterocycles. The fourth-order valence-corrected chi connectivity index (χ4v) is 3.67. The lowest BCUT2D eigenvalue weighted by atomic mass is 10.2. The van der Waals surface area contributed by atoms with Crippen molar-refractivity contribution in [3.63, 3.8) is 0 Å². The minimum absolute atomic E-state index is 0.131. The second kappa shape index (κ2) is 8.22. The van der Waals surface area contributed by atoms with Gasteiger partial charge in [0.15, 0.2) is 5.82 Å². The Balaban J connectivity index is 1.33. The molecule has 28 heavy (non-hydrogen) atoms. The van der Waals surface area contributed by atoms with E-state index in [1.165, 1.54) is 11.5 Å². The molecule has 0 aliphatic carbocycles. The van der Waals surface area contributed by atoms with Crippen molar-refractivity contribution in [3.8, 4) is 17.3 Å². The molecule has 0 atom stereocenters. The van der Waals surface area contributed by atoms with Gasteiger partial charge in [-0.25, -0.2) is 9.78 Å². The molecule has 1 N–H and O–H groups in total. The largest absolute Gasteiger partial charge is 0.481 e. The summed E-state index contributed by atoms with van der Waals surface area (Å²) < 4.78 is 9.49. The van der Waals surface area contributed by atoms with Gasteiger partial charge >= 0.3 is 6.03 Å². The number of carbonyl (C=O) groups is 1. The lowest BCUT2D eigenvalue weighted by Crippen LogP contribution is -2.50. The van der Waals surface area contributed by atoms with E-state index < -0.39 is 0 Å². The van der Waals surface area contributed by atoms with E-state index in [4.69, 9.17) is 4.74 Å². The van der Waals surface area contributed by atoms with E-state index in [0.717, 1.165) is 29.6 Å². The molecule has 1 aliphatic heterocycles. The van der Waals surface area contributed by atoms with Crippen molar-refractivity contribution >= 4 is 28.4 Å². The Morgan fingerprint density at radius 1 is 1.11 bits per heavy atom. The summed E-state index contributed by atoms with van der Waals surface area (Å²) in [6.07, 6.45) is 1.58. The van der Waals surface area contributed by atoms with Crippen molar-refractivity contribution in [3.05, 3.63) is 48.7 Å².